The van der Waals surface area contributed by atoms with Gasteiger partial charge in [0.15, 0.2) is 5.54 Å². The van der Waals surface area contributed by atoms with Gasteiger partial charge in [0.2, 0.25) is 0 Å². The Morgan fingerprint density at radius 3 is 2.45 bits per heavy atom. The third-order valence-electron chi connectivity index (χ3n) is 4.37. The second kappa shape index (κ2) is 6.37. The molecular formula is C16H24N2O2. The summed E-state index contributed by atoms with van der Waals surface area (Å²) in [6.45, 7) is 0.344. The second-order valence-corrected chi connectivity index (χ2v) is 5.85. The minimum atomic E-state index is -1.34. The number of carboxylic acids is 1. The highest BCUT2D eigenvalue weighted by atomic mass is 16.4. The zero-order valence-electron chi connectivity index (χ0n) is 12.1. The smallest absolute Gasteiger partial charge is 0.329 e. The molecule has 20 heavy (non-hydrogen) atoms. The molecular weight excluding hydrogens is 252 g/mol. The Labute approximate surface area is 120 Å². The molecule has 0 saturated heterocycles. The van der Waals surface area contributed by atoms with Crippen LogP contribution in [0.4, 0.5) is 0 Å². The van der Waals surface area contributed by atoms with Crippen molar-refractivity contribution < 1.29 is 9.90 Å². The molecule has 110 valence electrons. The maximum Gasteiger partial charge on any atom is 0.329 e. The van der Waals surface area contributed by atoms with Gasteiger partial charge in [0.25, 0.3) is 0 Å². The molecule has 0 amide bonds. The lowest BCUT2D eigenvalue weighted by Gasteiger charge is -2.36. The number of nitrogens with zero attached hydrogens (tertiary/aromatic N) is 1. The number of benzene rings is 1. The maximum absolute atomic E-state index is 11.7. The number of aliphatic carboxylic acids is 1. The zero-order valence-corrected chi connectivity index (χ0v) is 12.1. The van der Waals surface area contributed by atoms with Gasteiger partial charge in [-0.25, -0.2) is 4.79 Å². The molecule has 1 aliphatic rings. The number of hydrogen-bond acceptors (Lipinski definition) is 3. The van der Waals surface area contributed by atoms with E-state index < -0.39 is 11.5 Å². The number of nitrogens with two attached hydrogens (primary N) is 1. The van der Waals surface area contributed by atoms with Crippen molar-refractivity contribution >= 4 is 5.97 Å². The normalized spacial score (nSPS) is 19.8. The van der Waals surface area contributed by atoms with Crippen molar-refractivity contribution in [2.24, 2.45) is 5.73 Å². The van der Waals surface area contributed by atoms with E-state index in [2.05, 4.69) is 4.90 Å². The Kier molecular flexibility index (Phi) is 4.78. The summed E-state index contributed by atoms with van der Waals surface area (Å²) in [7, 11) is 1.99. The number of carboxylic acid groups (broad SMARTS) is 1. The van der Waals surface area contributed by atoms with Crippen LogP contribution >= 0.6 is 0 Å². The molecule has 0 heterocycles. The minimum absolute atomic E-state index is 0.344. The lowest BCUT2D eigenvalue weighted by atomic mass is 9.88. The molecule has 1 aromatic rings. The molecule has 0 spiro atoms. The number of likely N-dealkylation sites (N-methyl/N-ethyl adjacent to an activating group) is 1. The molecule has 0 radical (unpaired) electrons. The molecule has 1 unspecified atom stereocenters. The van der Waals surface area contributed by atoms with Crippen LogP contribution in [0.15, 0.2) is 30.3 Å². The summed E-state index contributed by atoms with van der Waals surface area (Å²) in [6.07, 6.45) is 6.02. The van der Waals surface area contributed by atoms with Crippen LogP contribution in [0.3, 0.4) is 0 Å². The molecule has 4 nitrogen and oxygen atoms in total. The maximum atomic E-state index is 11.7. The zero-order chi connectivity index (χ0) is 14.6. The summed E-state index contributed by atoms with van der Waals surface area (Å²) in [5.74, 6) is -0.966. The van der Waals surface area contributed by atoms with E-state index in [-0.39, 0.29) is 0 Å². The summed E-state index contributed by atoms with van der Waals surface area (Å²) in [4.78, 5) is 13.8. The molecule has 3 N–H and O–H groups in total. The van der Waals surface area contributed by atoms with Crippen molar-refractivity contribution in [1.29, 1.82) is 0 Å². The standard InChI is InChI=1S/C16H24N2O2/c1-18(14-10-6-3-7-11-14)12-16(17,15(19)20)13-8-4-2-5-9-13/h2,4-5,8-9,14H,3,6-7,10-12,17H2,1H3,(H,19,20). The van der Waals surface area contributed by atoms with Gasteiger partial charge in [-0.2, -0.15) is 0 Å². The van der Waals surface area contributed by atoms with Crippen molar-refractivity contribution in [3.8, 4) is 0 Å². The summed E-state index contributed by atoms with van der Waals surface area (Å²) in [5, 5.41) is 9.58. The van der Waals surface area contributed by atoms with Gasteiger partial charge in [0, 0.05) is 12.6 Å². The summed E-state index contributed by atoms with van der Waals surface area (Å²) in [5.41, 5.74) is 5.55. The first-order valence-electron chi connectivity index (χ1n) is 7.32. The Bertz CT molecular complexity index is 443. The van der Waals surface area contributed by atoms with Gasteiger partial charge < -0.3 is 15.7 Å². The molecule has 0 bridgehead atoms. The second-order valence-electron chi connectivity index (χ2n) is 5.85. The number of rotatable bonds is 5. The van der Waals surface area contributed by atoms with E-state index in [1.165, 1.54) is 19.3 Å². The van der Waals surface area contributed by atoms with E-state index in [9.17, 15) is 9.90 Å². The first kappa shape index (κ1) is 15.0. The SMILES string of the molecule is CN(CC(N)(C(=O)O)c1ccccc1)C1CCCCC1. The summed E-state index contributed by atoms with van der Waals surface area (Å²) in [6, 6.07) is 9.58. The molecule has 1 aliphatic carbocycles. The van der Waals surface area contributed by atoms with Gasteiger partial charge in [-0.05, 0) is 25.5 Å². The van der Waals surface area contributed by atoms with Gasteiger partial charge in [0.1, 0.15) is 0 Å². The van der Waals surface area contributed by atoms with Crippen LogP contribution in [0, 0.1) is 0 Å². The van der Waals surface area contributed by atoms with Crippen molar-refractivity contribution in [3.05, 3.63) is 35.9 Å². The van der Waals surface area contributed by atoms with Gasteiger partial charge in [-0.3, -0.25) is 0 Å². The van der Waals surface area contributed by atoms with Crippen LogP contribution in [0.2, 0.25) is 0 Å². The first-order chi connectivity index (χ1) is 9.54. The average Bonchev–Trinajstić information content (AvgIpc) is 2.48. The molecule has 0 aliphatic heterocycles. The van der Waals surface area contributed by atoms with Crippen molar-refractivity contribution in [2.75, 3.05) is 13.6 Å². The molecule has 1 fully saturated rings. The predicted octanol–water partition coefficient (Wildman–Crippen LogP) is 2.19. The van der Waals surface area contributed by atoms with Gasteiger partial charge in [-0.15, -0.1) is 0 Å². The van der Waals surface area contributed by atoms with Gasteiger partial charge in [-0.1, -0.05) is 49.6 Å². The minimum Gasteiger partial charge on any atom is -0.480 e. The molecule has 1 saturated carbocycles. The van der Waals surface area contributed by atoms with Crippen molar-refractivity contribution in [3.63, 3.8) is 0 Å². The van der Waals surface area contributed by atoms with Crippen LogP contribution in [-0.4, -0.2) is 35.6 Å². The number of carbonyl (C=O) groups is 1. The quantitative estimate of drug-likeness (QED) is 0.865. The van der Waals surface area contributed by atoms with Crippen molar-refractivity contribution in [2.45, 2.75) is 43.7 Å². The Morgan fingerprint density at radius 1 is 1.30 bits per heavy atom. The molecule has 1 aromatic carbocycles. The molecule has 4 heteroatoms. The Hall–Kier alpha value is -1.39. The lowest BCUT2D eigenvalue weighted by Crippen LogP contribution is -2.54. The topological polar surface area (TPSA) is 66.6 Å². The van der Waals surface area contributed by atoms with Crippen LogP contribution in [0.5, 0.6) is 0 Å². The van der Waals surface area contributed by atoms with Crippen LogP contribution < -0.4 is 5.73 Å². The highest BCUT2D eigenvalue weighted by Gasteiger charge is 2.38. The van der Waals surface area contributed by atoms with Gasteiger partial charge in [0.05, 0.1) is 0 Å². The van der Waals surface area contributed by atoms with Crippen molar-refractivity contribution in [1.82, 2.24) is 4.90 Å². The molecule has 0 aromatic heterocycles. The average molecular weight is 276 g/mol. The molecule has 1 atom stereocenters. The van der Waals surface area contributed by atoms with E-state index in [1.54, 1.807) is 12.1 Å². The fourth-order valence-electron chi connectivity index (χ4n) is 3.06. The Morgan fingerprint density at radius 2 is 1.90 bits per heavy atom. The van der Waals surface area contributed by atoms with Crippen LogP contribution in [0.1, 0.15) is 37.7 Å². The van der Waals surface area contributed by atoms with E-state index in [0.29, 0.717) is 18.2 Å². The lowest BCUT2D eigenvalue weighted by molar-refractivity contribution is -0.144. The van der Waals surface area contributed by atoms with Gasteiger partial charge >= 0.3 is 5.97 Å². The van der Waals surface area contributed by atoms with Crippen LogP contribution in [-0.2, 0) is 10.3 Å². The fraction of sp³-hybridized carbons (Fsp3) is 0.562. The van der Waals surface area contributed by atoms with Crippen LogP contribution in [0.25, 0.3) is 0 Å². The summed E-state index contributed by atoms with van der Waals surface area (Å²) >= 11 is 0. The Balaban J connectivity index is 2.15. The fourth-order valence-corrected chi connectivity index (χ4v) is 3.06. The largest absolute Gasteiger partial charge is 0.480 e. The monoisotopic (exact) mass is 276 g/mol. The van der Waals surface area contributed by atoms with E-state index >= 15 is 0 Å². The number of hydrogen-bond donors (Lipinski definition) is 2. The third kappa shape index (κ3) is 3.19. The first-order valence-corrected chi connectivity index (χ1v) is 7.32. The highest BCUT2D eigenvalue weighted by Crippen LogP contribution is 2.26. The van der Waals surface area contributed by atoms with E-state index in [1.807, 2.05) is 25.2 Å². The van der Waals surface area contributed by atoms with E-state index in [0.717, 1.165) is 12.8 Å². The predicted molar refractivity (Wildman–Crippen MR) is 79.4 cm³/mol. The molecule has 2 rings (SSSR count). The third-order valence-corrected chi connectivity index (χ3v) is 4.37. The highest BCUT2D eigenvalue weighted by molar-refractivity contribution is 5.80. The summed E-state index contributed by atoms with van der Waals surface area (Å²) < 4.78 is 0. The van der Waals surface area contributed by atoms with E-state index in [4.69, 9.17) is 5.73 Å².